The van der Waals surface area contributed by atoms with Gasteiger partial charge in [-0.3, -0.25) is 14.5 Å². The topological polar surface area (TPSA) is 100 Å². The molecule has 3 rings (SSSR count). The molecule has 8 heteroatoms. The smallest absolute Gasteiger partial charge is 0.290 e. The summed E-state index contributed by atoms with van der Waals surface area (Å²) in [6.07, 6.45) is 8.94. The van der Waals surface area contributed by atoms with Crippen LogP contribution in [0.3, 0.4) is 0 Å². The molecular weight excluding hydrogens is 358 g/mol. The molecule has 2 aromatic heterocycles. The molecule has 0 aromatic carbocycles. The minimum absolute atomic E-state index is 0.0776. The number of hydrogen-bond acceptors (Lipinski definition) is 6. The molecule has 2 aromatic rings. The van der Waals surface area contributed by atoms with Crippen LogP contribution < -0.4 is 10.9 Å². The summed E-state index contributed by atoms with van der Waals surface area (Å²) in [5.41, 5.74) is 2.40. The number of aryl methyl sites for hydroxylation is 1. The molecule has 1 fully saturated rings. The van der Waals surface area contributed by atoms with Crippen LogP contribution in [-0.2, 0) is 18.4 Å². The van der Waals surface area contributed by atoms with Crippen molar-refractivity contribution in [2.75, 3.05) is 25.0 Å². The fourth-order valence-electron chi connectivity index (χ4n) is 3.26. The number of hydrogen-bond donors (Lipinski definition) is 2. The van der Waals surface area contributed by atoms with E-state index < -0.39 is 0 Å². The monoisotopic (exact) mass is 387 g/mol. The average Bonchev–Trinajstić information content (AvgIpc) is 2.71. The highest BCUT2D eigenvalue weighted by Gasteiger charge is 2.21. The van der Waals surface area contributed by atoms with Crippen LogP contribution in [0.25, 0.3) is 0 Å². The third-order valence-electron chi connectivity index (χ3n) is 4.83. The second-order valence-electron chi connectivity index (χ2n) is 6.91. The summed E-state index contributed by atoms with van der Waals surface area (Å²) in [7, 11) is 1.79. The number of anilines is 1. The molecule has 0 amide bonds. The minimum Gasteiger partial charge on any atom is -0.483 e. The van der Waals surface area contributed by atoms with Crippen LogP contribution in [0.15, 0.2) is 35.5 Å². The Bertz CT molecular complexity index is 783. The first-order valence-corrected chi connectivity index (χ1v) is 9.59. The Morgan fingerprint density at radius 2 is 1.93 bits per heavy atom. The van der Waals surface area contributed by atoms with E-state index >= 15 is 0 Å². The van der Waals surface area contributed by atoms with E-state index in [2.05, 4.69) is 33.2 Å². The number of carboxylic acid groups (broad SMARTS) is 1. The molecule has 1 saturated heterocycles. The van der Waals surface area contributed by atoms with Crippen LogP contribution in [0.5, 0.6) is 0 Å². The standard InChI is InChI=1S/C19H27N5O.CH2O2/c1-3-7-20-19-21-12-15(13-22-19)14-24-9-5-16(6-10-24)17-4-8-23(2)18(25)11-17;2-1-3/h4,8,11-13,16H,3,5-7,9-10,14H2,1-2H3,(H,20,21,22);1H,(H,2,3). The van der Waals surface area contributed by atoms with Crippen molar-refractivity contribution in [1.82, 2.24) is 19.4 Å². The van der Waals surface area contributed by atoms with E-state index in [1.165, 1.54) is 5.56 Å². The zero-order valence-electron chi connectivity index (χ0n) is 16.5. The van der Waals surface area contributed by atoms with Crippen molar-refractivity contribution < 1.29 is 9.90 Å². The summed E-state index contributed by atoms with van der Waals surface area (Å²) < 4.78 is 1.62. The van der Waals surface area contributed by atoms with Crippen molar-refractivity contribution in [2.45, 2.75) is 38.6 Å². The van der Waals surface area contributed by atoms with E-state index in [4.69, 9.17) is 9.90 Å². The number of piperidine rings is 1. The van der Waals surface area contributed by atoms with Crippen LogP contribution in [-0.4, -0.2) is 50.6 Å². The fourth-order valence-corrected chi connectivity index (χ4v) is 3.26. The number of carbonyl (C=O) groups is 1. The fraction of sp³-hybridized carbons (Fsp3) is 0.500. The lowest BCUT2D eigenvalue weighted by Gasteiger charge is -2.32. The van der Waals surface area contributed by atoms with E-state index in [1.807, 2.05) is 18.6 Å². The van der Waals surface area contributed by atoms with Crippen molar-refractivity contribution >= 4 is 12.4 Å². The molecule has 0 bridgehead atoms. The number of rotatable bonds is 6. The van der Waals surface area contributed by atoms with Gasteiger partial charge in [0.05, 0.1) is 0 Å². The van der Waals surface area contributed by atoms with Gasteiger partial charge in [0.1, 0.15) is 0 Å². The zero-order valence-corrected chi connectivity index (χ0v) is 16.5. The Labute approximate surface area is 165 Å². The van der Waals surface area contributed by atoms with Gasteiger partial charge in [-0.2, -0.15) is 0 Å². The predicted molar refractivity (Wildman–Crippen MR) is 108 cm³/mol. The van der Waals surface area contributed by atoms with Crippen molar-refractivity contribution in [1.29, 1.82) is 0 Å². The molecule has 2 N–H and O–H groups in total. The summed E-state index contributed by atoms with van der Waals surface area (Å²) in [4.78, 5) is 31.4. The summed E-state index contributed by atoms with van der Waals surface area (Å²) in [6, 6.07) is 3.87. The maximum Gasteiger partial charge on any atom is 0.290 e. The van der Waals surface area contributed by atoms with Gasteiger partial charge in [-0.05, 0) is 49.9 Å². The maximum absolute atomic E-state index is 11.8. The van der Waals surface area contributed by atoms with Gasteiger partial charge >= 0.3 is 0 Å². The zero-order chi connectivity index (χ0) is 20.4. The maximum atomic E-state index is 11.8. The number of pyridine rings is 1. The van der Waals surface area contributed by atoms with E-state index in [1.54, 1.807) is 17.7 Å². The van der Waals surface area contributed by atoms with Gasteiger partial charge < -0.3 is 15.0 Å². The first-order chi connectivity index (χ1) is 13.6. The van der Waals surface area contributed by atoms with Crippen molar-refractivity contribution in [2.24, 2.45) is 7.05 Å². The van der Waals surface area contributed by atoms with Crippen LogP contribution in [0.4, 0.5) is 5.95 Å². The highest BCUT2D eigenvalue weighted by atomic mass is 16.3. The molecule has 0 unspecified atom stereocenters. The summed E-state index contributed by atoms with van der Waals surface area (Å²) >= 11 is 0. The molecule has 0 atom stereocenters. The largest absolute Gasteiger partial charge is 0.483 e. The first kappa shape index (κ1) is 21.6. The van der Waals surface area contributed by atoms with Gasteiger partial charge in [0.15, 0.2) is 0 Å². The molecule has 1 aliphatic rings. The molecular formula is C20H29N5O3. The Hall–Kier alpha value is -2.74. The number of likely N-dealkylation sites (tertiary alicyclic amines) is 1. The van der Waals surface area contributed by atoms with Crippen molar-refractivity contribution in [3.8, 4) is 0 Å². The number of nitrogens with one attached hydrogen (secondary N) is 1. The van der Waals surface area contributed by atoms with E-state index in [0.29, 0.717) is 11.9 Å². The highest BCUT2D eigenvalue weighted by molar-refractivity contribution is 5.32. The van der Waals surface area contributed by atoms with E-state index in [9.17, 15) is 4.79 Å². The van der Waals surface area contributed by atoms with Crippen molar-refractivity contribution in [3.63, 3.8) is 0 Å². The van der Waals surface area contributed by atoms with Gasteiger partial charge in [-0.15, -0.1) is 0 Å². The average molecular weight is 387 g/mol. The Kier molecular flexibility index (Phi) is 8.61. The number of aromatic nitrogens is 3. The lowest BCUT2D eigenvalue weighted by atomic mass is 9.90. The van der Waals surface area contributed by atoms with Gasteiger partial charge in [-0.1, -0.05) is 6.92 Å². The second-order valence-corrected chi connectivity index (χ2v) is 6.91. The normalized spacial score (nSPS) is 14.8. The van der Waals surface area contributed by atoms with Gasteiger partial charge in [0.2, 0.25) is 5.95 Å². The lowest BCUT2D eigenvalue weighted by Crippen LogP contribution is -2.33. The van der Waals surface area contributed by atoms with Crippen molar-refractivity contribution in [3.05, 3.63) is 52.2 Å². The highest BCUT2D eigenvalue weighted by Crippen LogP contribution is 2.27. The van der Waals surface area contributed by atoms with E-state index in [-0.39, 0.29) is 12.0 Å². The Balaban J connectivity index is 0.000000878. The molecule has 0 aliphatic carbocycles. The molecule has 0 saturated carbocycles. The van der Waals surface area contributed by atoms with Crippen LogP contribution in [0.1, 0.15) is 43.2 Å². The molecule has 1 aliphatic heterocycles. The van der Waals surface area contributed by atoms with Gasteiger partial charge in [-0.25, -0.2) is 9.97 Å². The third kappa shape index (κ3) is 6.45. The van der Waals surface area contributed by atoms with E-state index in [0.717, 1.165) is 51.0 Å². The predicted octanol–water partition coefficient (Wildman–Crippen LogP) is 2.08. The molecule has 0 radical (unpaired) electrons. The summed E-state index contributed by atoms with van der Waals surface area (Å²) in [6.45, 7) is 5.73. The molecule has 152 valence electrons. The van der Waals surface area contributed by atoms with Crippen LogP contribution >= 0.6 is 0 Å². The minimum atomic E-state index is -0.250. The quantitative estimate of drug-likeness (QED) is 0.732. The Morgan fingerprint density at radius 3 is 2.50 bits per heavy atom. The first-order valence-electron chi connectivity index (χ1n) is 9.59. The van der Waals surface area contributed by atoms with Gasteiger partial charge in [0, 0.05) is 50.4 Å². The summed E-state index contributed by atoms with van der Waals surface area (Å²) in [5.74, 6) is 1.19. The number of nitrogens with zero attached hydrogens (tertiary/aromatic N) is 4. The molecule has 28 heavy (non-hydrogen) atoms. The SMILES string of the molecule is CCCNc1ncc(CN2CCC(c3ccn(C)c(=O)c3)CC2)cn1.O=CO. The van der Waals surface area contributed by atoms with Crippen LogP contribution in [0, 0.1) is 0 Å². The summed E-state index contributed by atoms with van der Waals surface area (Å²) in [5, 5.41) is 10.1. The Morgan fingerprint density at radius 1 is 1.29 bits per heavy atom. The lowest BCUT2D eigenvalue weighted by molar-refractivity contribution is -0.122. The van der Waals surface area contributed by atoms with Gasteiger partial charge in [0.25, 0.3) is 12.0 Å². The molecule has 3 heterocycles. The van der Waals surface area contributed by atoms with Crippen LogP contribution in [0.2, 0.25) is 0 Å². The second kappa shape index (κ2) is 11.2. The molecule has 8 nitrogen and oxygen atoms in total. The third-order valence-corrected chi connectivity index (χ3v) is 4.83. The molecule has 0 spiro atoms.